The summed E-state index contributed by atoms with van der Waals surface area (Å²) in [4.78, 5) is 13.7. The smallest absolute Gasteiger partial charge is 0.318 e. The van der Waals surface area contributed by atoms with Gasteiger partial charge in [-0.3, -0.25) is 0 Å². The largest absolute Gasteiger partial charge is 0.395 e. The first-order valence-electron chi connectivity index (χ1n) is 7.93. The average molecular weight is 328 g/mol. The highest BCUT2D eigenvalue weighted by molar-refractivity contribution is 5.74. The lowest BCUT2D eigenvalue weighted by Gasteiger charge is -2.20. The van der Waals surface area contributed by atoms with Gasteiger partial charge < -0.3 is 15.3 Å². The number of aliphatic hydroxyl groups excluding tert-OH is 1. The summed E-state index contributed by atoms with van der Waals surface area (Å²) in [6.07, 6.45) is 1.64. The topological polar surface area (TPSA) is 70.4 Å². The van der Waals surface area contributed by atoms with Gasteiger partial charge in [0.05, 0.1) is 18.0 Å². The van der Waals surface area contributed by atoms with Crippen molar-refractivity contribution in [3.05, 3.63) is 59.9 Å². The Morgan fingerprint density at radius 2 is 2.08 bits per heavy atom. The number of nitrogens with zero attached hydrogens (tertiary/aromatic N) is 3. The van der Waals surface area contributed by atoms with E-state index < -0.39 is 0 Å². The molecule has 0 saturated carbocycles. The third-order valence-electron chi connectivity index (χ3n) is 3.86. The van der Waals surface area contributed by atoms with Gasteiger partial charge in [0, 0.05) is 30.9 Å². The number of nitrogens with one attached hydrogen (secondary N) is 1. The van der Waals surface area contributed by atoms with Gasteiger partial charge in [0.15, 0.2) is 0 Å². The van der Waals surface area contributed by atoms with Crippen LogP contribution < -0.4 is 5.32 Å². The van der Waals surface area contributed by atoms with E-state index in [1.165, 1.54) is 4.90 Å². The molecule has 6 heteroatoms. The van der Waals surface area contributed by atoms with Gasteiger partial charge in [-0.05, 0) is 26.0 Å². The number of urea groups is 1. The molecule has 0 fully saturated rings. The molecular formula is C18H24N4O2. The van der Waals surface area contributed by atoms with Crippen LogP contribution in [0.4, 0.5) is 4.79 Å². The Balaban J connectivity index is 2.12. The molecule has 0 unspecified atom stereocenters. The van der Waals surface area contributed by atoms with E-state index in [0.29, 0.717) is 13.1 Å². The van der Waals surface area contributed by atoms with Crippen molar-refractivity contribution in [3.63, 3.8) is 0 Å². The van der Waals surface area contributed by atoms with Crippen LogP contribution in [0.25, 0.3) is 5.69 Å². The molecule has 6 nitrogen and oxygen atoms in total. The second kappa shape index (κ2) is 8.31. The molecule has 2 rings (SSSR count). The quantitative estimate of drug-likeness (QED) is 0.765. The predicted molar refractivity (Wildman–Crippen MR) is 94.1 cm³/mol. The number of aliphatic hydroxyl groups is 1. The maximum absolute atomic E-state index is 12.2. The zero-order valence-electron chi connectivity index (χ0n) is 14.2. The lowest BCUT2D eigenvalue weighted by Crippen LogP contribution is -2.41. The van der Waals surface area contributed by atoms with Gasteiger partial charge in [-0.15, -0.1) is 6.58 Å². The van der Waals surface area contributed by atoms with Crippen LogP contribution in [0.5, 0.6) is 0 Å². The number of amides is 2. The first-order valence-corrected chi connectivity index (χ1v) is 7.93. The zero-order chi connectivity index (χ0) is 17.5. The van der Waals surface area contributed by atoms with Crippen molar-refractivity contribution in [1.82, 2.24) is 20.0 Å². The van der Waals surface area contributed by atoms with E-state index in [1.54, 1.807) is 6.08 Å². The van der Waals surface area contributed by atoms with Gasteiger partial charge in [0.2, 0.25) is 0 Å². The summed E-state index contributed by atoms with van der Waals surface area (Å²) in [5.74, 6) is 0. The summed E-state index contributed by atoms with van der Waals surface area (Å²) in [6, 6.07) is 9.66. The van der Waals surface area contributed by atoms with Crippen molar-refractivity contribution >= 4 is 6.03 Å². The van der Waals surface area contributed by atoms with Crippen LogP contribution in [-0.2, 0) is 6.54 Å². The van der Waals surface area contributed by atoms with Gasteiger partial charge in [0.1, 0.15) is 0 Å². The fourth-order valence-corrected chi connectivity index (χ4v) is 2.58. The zero-order valence-corrected chi connectivity index (χ0v) is 14.2. The Morgan fingerprint density at radius 3 is 2.71 bits per heavy atom. The van der Waals surface area contributed by atoms with Crippen molar-refractivity contribution < 1.29 is 9.90 Å². The van der Waals surface area contributed by atoms with Crippen LogP contribution >= 0.6 is 0 Å². The summed E-state index contributed by atoms with van der Waals surface area (Å²) in [7, 11) is 0. The summed E-state index contributed by atoms with van der Waals surface area (Å²) >= 11 is 0. The first-order chi connectivity index (χ1) is 11.6. The number of hydrogen-bond donors (Lipinski definition) is 2. The van der Waals surface area contributed by atoms with E-state index in [4.69, 9.17) is 5.11 Å². The summed E-state index contributed by atoms with van der Waals surface area (Å²) in [6.45, 7) is 8.54. The van der Waals surface area contributed by atoms with Crippen LogP contribution in [0.2, 0.25) is 0 Å². The molecule has 24 heavy (non-hydrogen) atoms. The fraction of sp³-hybridized carbons (Fsp3) is 0.333. The van der Waals surface area contributed by atoms with E-state index in [9.17, 15) is 4.79 Å². The van der Waals surface area contributed by atoms with Gasteiger partial charge >= 0.3 is 6.03 Å². The molecule has 0 saturated heterocycles. The second-order valence-corrected chi connectivity index (χ2v) is 5.51. The molecule has 0 aliphatic heterocycles. The number of carbonyl (C=O) groups excluding carboxylic acids is 1. The number of aromatic nitrogens is 2. The molecule has 128 valence electrons. The van der Waals surface area contributed by atoms with Gasteiger partial charge in [-0.25, -0.2) is 9.48 Å². The Morgan fingerprint density at radius 1 is 1.38 bits per heavy atom. The van der Waals surface area contributed by atoms with Crippen LogP contribution in [-0.4, -0.2) is 45.5 Å². The maximum atomic E-state index is 12.2. The average Bonchev–Trinajstić information content (AvgIpc) is 2.87. The Kier molecular flexibility index (Phi) is 6.14. The molecular weight excluding hydrogens is 304 g/mol. The van der Waals surface area contributed by atoms with E-state index >= 15 is 0 Å². The number of benzene rings is 1. The van der Waals surface area contributed by atoms with Gasteiger partial charge in [-0.2, -0.15) is 5.10 Å². The van der Waals surface area contributed by atoms with Crippen molar-refractivity contribution in [3.8, 4) is 5.69 Å². The van der Waals surface area contributed by atoms with Crippen LogP contribution in [0.1, 0.15) is 17.0 Å². The number of para-hydroxylation sites is 1. The highest BCUT2D eigenvalue weighted by Gasteiger charge is 2.16. The van der Waals surface area contributed by atoms with E-state index in [-0.39, 0.29) is 19.2 Å². The molecule has 1 aromatic carbocycles. The third-order valence-corrected chi connectivity index (χ3v) is 3.86. The molecule has 0 radical (unpaired) electrons. The van der Waals surface area contributed by atoms with E-state index in [2.05, 4.69) is 17.0 Å². The standard InChI is InChI=1S/C18H24N4O2/c1-4-10-21(11-12-23)18(24)19-13-17-14(2)20-22(15(17)3)16-8-6-5-7-9-16/h4-9,23H,1,10-13H2,2-3H3,(H,19,24). The highest BCUT2D eigenvalue weighted by Crippen LogP contribution is 2.17. The Hall–Kier alpha value is -2.60. The molecule has 0 aliphatic rings. The SMILES string of the molecule is C=CCN(CCO)C(=O)NCc1c(C)nn(-c2ccccc2)c1C. The summed E-state index contributed by atoms with van der Waals surface area (Å²) < 4.78 is 1.88. The van der Waals surface area contributed by atoms with Gasteiger partial charge in [-0.1, -0.05) is 24.3 Å². The number of carbonyl (C=O) groups is 1. The molecule has 2 aromatic rings. The van der Waals surface area contributed by atoms with Crippen molar-refractivity contribution in [2.24, 2.45) is 0 Å². The first kappa shape index (κ1) is 17.7. The normalized spacial score (nSPS) is 10.5. The number of rotatable bonds is 7. The lowest BCUT2D eigenvalue weighted by atomic mass is 10.2. The van der Waals surface area contributed by atoms with Gasteiger partial charge in [0.25, 0.3) is 0 Å². The van der Waals surface area contributed by atoms with E-state index in [0.717, 1.165) is 22.6 Å². The van der Waals surface area contributed by atoms with Crippen molar-refractivity contribution in [2.75, 3.05) is 19.7 Å². The monoisotopic (exact) mass is 328 g/mol. The summed E-state index contributed by atoms with van der Waals surface area (Å²) in [5, 5.41) is 16.5. The fourth-order valence-electron chi connectivity index (χ4n) is 2.58. The molecule has 0 spiro atoms. The predicted octanol–water partition coefficient (Wildman–Crippen LogP) is 2.18. The highest BCUT2D eigenvalue weighted by atomic mass is 16.3. The third kappa shape index (κ3) is 4.02. The molecule has 0 bridgehead atoms. The lowest BCUT2D eigenvalue weighted by molar-refractivity contribution is 0.183. The van der Waals surface area contributed by atoms with Crippen LogP contribution in [0, 0.1) is 13.8 Å². The van der Waals surface area contributed by atoms with Crippen molar-refractivity contribution in [1.29, 1.82) is 0 Å². The summed E-state index contributed by atoms with van der Waals surface area (Å²) in [5.41, 5.74) is 3.87. The molecule has 2 amide bonds. The molecule has 1 heterocycles. The van der Waals surface area contributed by atoms with E-state index in [1.807, 2.05) is 48.9 Å². The molecule has 0 atom stereocenters. The maximum Gasteiger partial charge on any atom is 0.318 e. The Bertz CT molecular complexity index is 695. The number of aryl methyl sites for hydroxylation is 1. The minimum atomic E-state index is -0.227. The molecule has 0 aliphatic carbocycles. The second-order valence-electron chi connectivity index (χ2n) is 5.51. The number of hydrogen-bond acceptors (Lipinski definition) is 3. The van der Waals surface area contributed by atoms with Crippen LogP contribution in [0.15, 0.2) is 43.0 Å². The minimum absolute atomic E-state index is 0.0781. The molecule has 2 N–H and O–H groups in total. The molecule has 1 aromatic heterocycles. The van der Waals surface area contributed by atoms with Crippen LogP contribution in [0.3, 0.4) is 0 Å². The van der Waals surface area contributed by atoms with Crippen molar-refractivity contribution in [2.45, 2.75) is 20.4 Å². The Labute approximate surface area is 142 Å². The minimum Gasteiger partial charge on any atom is -0.395 e.